The average Bonchev–Trinajstić information content (AvgIpc) is 2.52. The Kier molecular flexibility index (Phi) is 2.83. The first-order valence-corrected chi connectivity index (χ1v) is 3.76. The van der Waals surface area contributed by atoms with Gasteiger partial charge in [-0.2, -0.15) is 0 Å². The molecule has 11 heavy (non-hydrogen) atoms. The molecule has 0 aliphatic heterocycles. The summed E-state index contributed by atoms with van der Waals surface area (Å²) in [4.78, 5) is 14.8. The van der Waals surface area contributed by atoms with Gasteiger partial charge >= 0.3 is 0 Å². The number of Topliss-reactive ketones (excluding diaryl/α,β-unsaturated/α-hetero) is 1. The summed E-state index contributed by atoms with van der Waals surface area (Å²) in [5, 5.41) is 0. The molecule has 1 aromatic heterocycles. The molecule has 0 amide bonds. The van der Waals surface area contributed by atoms with Gasteiger partial charge in [0.2, 0.25) is 0 Å². The van der Waals surface area contributed by atoms with Crippen LogP contribution in [0.15, 0.2) is 17.0 Å². The molecule has 1 aromatic rings. The van der Waals surface area contributed by atoms with Crippen molar-refractivity contribution in [3.63, 3.8) is 0 Å². The molecule has 1 rings (SSSR count). The van der Waals surface area contributed by atoms with E-state index in [4.69, 9.17) is 4.42 Å². The van der Waals surface area contributed by atoms with Crippen LogP contribution in [0.2, 0.25) is 0 Å². The second-order valence-electron chi connectivity index (χ2n) is 2.39. The minimum absolute atomic E-state index is 0.0457. The van der Waals surface area contributed by atoms with E-state index >= 15 is 0 Å². The molecule has 3 heteroatoms. The van der Waals surface area contributed by atoms with Gasteiger partial charge in [-0.1, -0.05) is 13.3 Å². The van der Waals surface area contributed by atoms with Crippen molar-refractivity contribution in [3.05, 3.63) is 18.4 Å². The maximum absolute atomic E-state index is 11.1. The molecule has 0 aliphatic rings. The van der Waals surface area contributed by atoms with Crippen LogP contribution < -0.4 is 0 Å². The van der Waals surface area contributed by atoms with Crippen LogP contribution >= 0.6 is 0 Å². The molecule has 0 fully saturated rings. The van der Waals surface area contributed by atoms with Crippen molar-refractivity contribution in [2.45, 2.75) is 26.2 Å². The van der Waals surface area contributed by atoms with Crippen LogP contribution in [-0.2, 0) is 0 Å². The first-order valence-electron chi connectivity index (χ1n) is 3.76. The quantitative estimate of drug-likeness (QED) is 0.622. The Morgan fingerprint density at radius 2 is 2.55 bits per heavy atom. The van der Waals surface area contributed by atoms with Crippen molar-refractivity contribution < 1.29 is 9.21 Å². The van der Waals surface area contributed by atoms with E-state index in [0.717, 1.165) is 12.8 Å². The van der Waals surface area contributed by atoms with Gasteiger partial charge in [0.15, 0.2) is 17.9 Å². The molecule has 0 saturated heterocycles. The fourth-order valence-electron chi connectivity index (χ4n) is 0.814. The van der Waals surface area contributed by atoms with Crippen molar-refractivity contribution in [1.82, 2.24) is 4.98 Å². The number of nitrogens with zero attached hydrogens (tertiary/aromatic N) is 1. The Morgan fingerprint density at radius 3 is 3.09 bits per heavy atom. The highest BCUT2D eigenvalue weighted by molar-refractivity contribution is 5.92. The maximum atomic E-state index is 11.1. The second kappa shape index (κ2) is 3.91. The number of hydrogen-bond donors (Lipinski definition) is 0. The van der Waals surface area contributed by atoms with Gasteiger partial charge in [0, 0.05) is 6.42 Å². The first-order chi connectivity index (χ1) is 5.34. The Bertz CT molecular complexity index is 216. The van der Waals surface area contributed by atoms with E-state index in [1.54, 1.807) is 0 Å². The Labute approximate surface area is 65.4 Å². The zero-order valence-corrected chi connectivity index (χ0v) is 6.54. The third kappa shape index (κ3) is 2.18. The normalized spacial score (nSPS) is 9.91. The summed E-state index contributed by atoms with van der Waals surface area (Å²) in [5.74, 6) is 0.419. The highest BCUT2D eigenvalue weighted by atomic mass is 16.3. The molecule has 1 heterocycles. The second-order valence-corrected chi connectivity index (χ2v) is 2.39. The van der Waals surface area contributed by atoms with Crippen LogP contribution in [0.5, 0.6) is 0 Å². The molecule has 0 N–H and O–H groups in total. The van der Waals surface area contributed by atoms with Crippen LogP contribution in [0.3, 0.4) is 0 Å². The fraction of sp³-hybridized carbons (Fsp3) is 0.500. The van der Waals surface area contributed by atoms with Gasteiger partial charge in [-0.25, -0.2) is 4.98 Å². The number of hydrogen-bond acceptors (Lipinski definition) is 3. The lowest BCUT2D eigenvalue weighted by molar-refractivity contribution is 0.0953. The summed E-state index contributed by atoms with van der Waals surface area (Å²) in [7, 11) is 0. The smallest absolute Gasteiger partial charge is 0.199 e. The molecule has 0 radical (unpaired) electrons. The highest BCUT2D eigenvalue weighted by Crippen LogP contribution is 2.04. The van der Waals surface area contributed by atoms with Gasteiger partial charge in [-0.3, -0.25) is 4.79 Å². The molecule has 0 aromatic carbocycles. The number of unbranched alkanes of at least 4 members (excludes halogenated alkanes) is 1. The van der Waals surface area contributed by atoms with Crippen molar-refractivity contribution in [2.75, 3.05) is 0 Å². The lowest BCUT2D eigenvalue weighted by Crippen LogP contribution is -1.95. The van der Waals surface area contributed by atoms with Crippen LogP contribution in [0.1, 0.15) is 36.7 Å². The van der Waals surface area contributed by atoms with Crippen molar-refractivity contribution in [3.8, 4) is 0 Å². The zero-order chi connectivity index (χ0) is 8.10. The maximum Gasteiger partial charge on any atom is 0.199 e. The van der Waals surface area contributed by atoms with Crippen LogP contribution in [0, 0.1) is 0 Å². The SMILES string of the molecule is CCCCC(=O)c1cnco1. The van der Waals surface area contributed by atoms with Crippen LogP contribution in [-0.4, -0.2) is 10.8 Å². The molecular formula is C8H11NO2. The van der Waals surface area contributed by atoms with Gasteiger partial charge in [-0.15, -0.1) is 0 Å². The van der Waals surface area contributed by atoms with E-state index in [0.29, 0.717) is 12.2 Å². The third-order valence-electron chi connectivity index (χ3n) is 1.46. The number of carbonyl (C=O) groups is 1. The summed E-state index contributed by atoms with van der Waals surface area (Å²) < 4.78 is 4.83. The third-order valence-corrected chi connectivity index (χ3v) is 1.46. The molecule has 0 saturated carbocycles. The number of ketones is 1. The summed E-state index contributed by atoms with van der Waals surface area (Å²) in [6, 6.07) is 0. The first kappa shape index (κ1) is 7.98. The van der Waals surface area contributed by atoms with Gasteiger partial charge < -0.3 is 4.42 Å². The predicted octanol–water partition coefficient (Wildman–Crippen LogP) is 2.05. The van der Waals surface area contributed by atoms with E-state index in [1.807, 2.05) is 6.92 Å². The molecule has 60 valence electrons. The number of oxazole rings is 1. The molecular weight excluding hydrogens is 142 g/mol. The largest absolute Gasteiger partial charge is 0.440 e. The van der Waals surface area contributed by atoms with E-state index < -0.39 is 0 Å². The lowest BCUT2D eigenvalue weighted by Gasteiger charge is -1.92. The number of carbonyl (C=O) groups excluding carboxylic acids is 1. The summed E-state index contributed by atoms with van der Waals surface area (Å²) >= 11 is 0. The fourth-order valence-corrected chi connectivity index (χ4v) is 0.814. The molecule has 3 nitrogen and oxygen atoms in total. The van der Waals surface area contributed by atoms with E-state index in [9.17, 15) is 4.79 Å². The summed E-state index contributed by atoms with van der Waals surface area (Å²) in [6.07, 6.45) is 5.24. The molecule has 0 atom stereocenters. The Balaban J connectivity index is 2.43. The van der Waals surface area contributed by atoms with Crippen molar-refractivity contribution in [2.24, 2.45) is 0 Å². The van der Waals surface area contributed by atoms with E-state index in [2.05, 4.69) is 4.98 Å². The average molecular weight is 153 g/mol. The molecule has 0 bridgehead atoms. The van der Waals surface area contributed by atoms with Gasteiger partial charge in [0.05, 0.1) is 6.20 Å². The molecule has 0 unspecified atom stereocenters. The summed E-state index contributed by atoms with van der Waals surface area (Å²) in [6.45, 7) is 2.05. The Hall–Kier alpha value is -1.12. The summed E-state index contributed by atoms with van der Waals surface area (Å²) in [5.41, 5.74) is 0. The standard InChI is InChI=1S/C8H11NO2/c1-2-3-4-7(10)8-5-9-6-11-8/h5-6H,2-4H2,1H3. The number of aromatic nitrogens is 1. The predicted molar refractivity (Wildman–Crippen MR) is 40.4 cm³/mol. The van der Waals surface area contributed by atoms with Gasteiger partial charge in [0.1, 0.15) is 0 Å². The monoisotopic (exact) mass is 153 g/mol. The minimum atomic E-state index is 0.0457. The Morgan fingerprint density at radius 1 is 1.73 bits per heavy atom. The van der Waals surface area contributed by atoms with E-state index in [1.165, 1.54) is 12.6 Å². The molecule has 0 aliphatic carbocycles. The van der Waals surface area contributed by atoms with Crippen LogP contribution in [0.25, 0.3) is 0 Å². The highest BCUT2D eigenvalue weighted by Gasteiger charge is 2.07. The lowest BCUT2D eigenvalue weighted by atomic mass is 10.1. The zero-order valence-electron chi connectivity index (χ0n) is 6.54. The van der Waals surface area contributed by atoms with Crippen molar-refractivity contribution in [1.29, 1.82) is 0 Å². The van der Waals surface area contributed by atoms with Gasteiger partial charge in [0.25, 0.3) is 0 Å². The molecule has 0 spiro atoms. The van der Waals surface area contributed by atoms with E-state index in [-0.39, 0.29) is 5.78 Å². The number of rotatable bonds is 4. The van der Waals surface area contributed by atoms with Gasteiger partial charge in [-0.05, 0) is 6.42 Å². The van der Waals surface area contributed by atoms with Crippen LogP contribution in [0.4, 0.5) is 0 Å². The minimum Gasteiger partial charge on any atom is -0.440 e. The van der Waals surface area contributed by atoms with Crippen molar-refractivity contribution >= 4 is 5.78 Å². The topological polar surface area (TPSA) is 43.1 Å².